The number of aromatic nitrogens is 3. The van der Waals surface area contributed by atoms with Gasteiger partial charge in [0.1, 0.15) is 0 Å². The van der Waals surface area contributed by atoms with Crippen LogP contribution in [0.1, 0.15) is 72.9 Å². The van der Waals surface area contributed by atoms with Gasteiger partial charge in [0.15, 0.2) is 0 Å². The summed E-state index contributed by atoms with van der Waals surface area (Å²) >= 11 is 0. The predicted molar refractivity (Wildman–Crippen MR) is 72.1 cm³/mol. The lowest BCUT2D eigenvalue weighted by molar-refractivity contribution is 0.195. The van der Waals surface area contributed by atoms with Gasteiger partial charge in [0.25, 0.3) is 0 Å². The van der Waals surface area contributed by atoms with Crippen LogP contribution in [0.15, 0.2) is 6.20 Å². The topological polar surface area (TPSA) is 30.7 Å². The Kier molecular flexibility index (Phi) is 4.00. The van der Waals surface area contributed by atoms with Crippen molar-refractivity contribution in [3.8, 4) is 0 Å². The molecule has 1 atom stereocenters. The first kappa shape index (κ1) is 14.2. The molecular weight excluding hydrogens is 210 g/mol. The van der Waals surface area contributed by atoms with Crippen molar-refractivity contribution in [3.63, 3.8) is 0 Å². The molecule has 1 heterocycles. The number of hydrogen-bond acceptors (Lipinski definition) is 2. The fourth-order valence-electron chi connectivity index (χ4n) is 2.39. The maximum absolute atomic E-state index is 4.31. The SMILES string of the molecule is CCC(C)c1cn(C(C)(C)CC(C)(C)C)nn1. The van der Waals surface area contributed by atoms with Crippen LogP contribution in [-0.4, -0.2) is 15.0 Å². The maximum Gasteiger partial charge on any atom is 0.0855 e. The van der Waals surface area contributed by atoms with Crippen molar-refractivity contribution < 1.29 is 0 Å². The molecule has 0 aromatic carbocycles. The largest absolute Gasteiger partial charge is 0.247 e. The molecular formula is C14H27N3. The minimum absolute atomic E-state index is 0.0248. The fourth-order valence-corrected chi connectivity index (χ4v) is 2.39. The van der Waals surface area contributed by atoms with Crippen molar-refractivity contribution in [2.24, 2.45) is 5.41 Å². The average Bonchev–Trinajstić information content (AvgIpc) is 2.62. The molecule has 17 heavy (non-hydrogen) atoms. The molecule has 1 aromatic rings. The molecule has 3 heteroatoms. The number of rotatable bonds is 4. The molecule has 0 radical (unpaired) electrons. The Hall–Kier alpha value is -0.860. The second-order valence-electron chi connectivity index (χ2n) is 6.95. The van der Waals surface area contributed by atoms with E-state index >= 15 is 0 Å². The van der Waals surface area contributed by atoms with Gasteiger partial charge in [-0.05, 0) is 32.1 Å². The van der Waals surface area contributed by atoms with Gasteiger partial charge in [-0.2, -0.15) is 0 Å². The molecule has 0 saturated heterocycles. The normalized spacial score (nSPS) is 15.0. The average molecular weight is 237 g/mol. The van der Waals surface area contributed by atoms with Crippen LogP contribution < -0.4 is 0 Å². The molecule has 0 fully saturated rings. The zero-order chi connectivity index (χ0) is 13.3. The summed E-state index contributed by atoms with van der Waals surface area (Å²) in [6.45, 7) is 15.6. The molecule has 98 valence electrons. The van der Waals surface area contributed by atoms with E-state index in [0.717, 1.165) is 18.5 Å². The molecule has 0 N–H and O–H groups in total. The summed E-state index contributed by atoms with van der Waals surface area (Å²) in [6, 6.07) is 0. The summed E-state index contributed by atoms with van der Waals surface area (Å²) in [6.07, 6.45) is 4.31. The van der Waals surface area contributed by atoms with Crippen LogP contribution >= 0.6 is 0 Å². The Bertz CT molecular complexity index is 358. The highest BCUT2D eigenvalue weighted by molar-refractivity contribution is 5.01. The van der Waals surface area contributed by atoms with Crippen LogP contribution in [0, 0.1) is 5.41 Å². The zero-order valence-electron chi connectivity index (χ0n) is 12.4. The van der Waals surface area contributed by atoms with Crippen LogP contribution in [0.3, 0.4) is 0 Å². The first-order valence-corrected chi connectivity index (χ1v) is 6.58. The standard InChI is InChI=1S/C14H27N3/c1-8-11(2)12-9-17(16-15-12)14(6,7)10-13(3,4)5/h9,11H,8,10H2,1-7H3. The lowest BCUT2D eigenvalue weighted by Crippen LogP contribution is -2.32. The minimum Gasteiger partial charge on any atom is -0.247 e. The van der Waals surface area contributed by atoms with Gasteiger partial charge in [-0.25, -0.2) is 4.68 Å². The van der Waals surface area contributed by atoms with Crippen LogP contribution in [0.25, 0.3) is 0 Å². The summed E-state index contributed by atoms with van der Waals surface area (Å²) in [4.78, 5) is 0. The number of nitrogens with zero attached hydrogens (tertiary/aromatic N) is 3. The minimum atomic E-state index is 0.0248. The van der Waals surface area contributed by atoms with Gasteiger partial charge in [-0.1, -0.05) is 39.8 Å². The molecule has 0 saturated carbocycles. The van der Waals surface area contributed by atoms with Gasteiger partial charge in [0.2, 0.25) is 0 Å². The lowest BCUT2D eigenvalue weighted by Gasteiger charge is -2.32. The third-order valence-corrected chi connectivity index (χ3v) is 3.21. The van der Waals surface area contributed by atoms with Crippen LogP contribution in [0.2, 0.25) is 0 Å². The molecule has 0 amide bonds. The summed E-state index contributed by atoms with van der Waals surface area (Å²) < 4.78 is 2.03. The van der Waals surface area contributed by atoms with E-state index in [1.807, 2.05) is 4.68 Å². The third-order valence-electron chi connectivity index (χ3n) is 3.21. The fraction of sp³-hybridized carbons (Fsp3) is 0.857. The smallest absolute Gasteiger partial charge is 0.0855 e. The van der Waals surface area contributed by atoms with E-state index in [-0.39, 0.29) is 5.54 Å². The van der Waals surface area contributed by atoms with Gasteiger partial charge in [0, 0.05) is 12.1 Å². The van der Waals surface area contributed by atoms with E-state index in [0.29, 0.717) is 11.3 Å². The molecule has 0 aliphatic rings. The molecule has 0 spiro atoms. The highest BCUT2D eigenvalue weighted by Gasteiger charge is 2.28. The second kappa shape index (κ2) is 4.79. The monoisotopic (exact) mass is 237 g/mol. The van der Waals surface area contributed by atoms with Gasteiger partial charge in [-0.15, -0.1) is 5.10 Å². The molecule has 0 bridgehead atoms. The first-order valence-electron chi connectivity index (χ1n) is 6.58. The Morgan fingerprint density at radius 1 is 1.24 bits per heavy atom. The van der Waals surface area contributed by atoms with Crippen molar-refractivity contribution in [1.29, 1.82) is 0 Å². The summed E-state index contributed by atoms with van der Waals surface area (Å²) in [7, 11) is 0. The quantitative estimate of drug-likeness (QED) is 0.793. The zero-order valence-corrected chi connectivity index (χ0v) is 12.4. The molecule has 3 nitrogen and oxygen atoms in total. The molecule has 0 aliphatic heterocycles. The van der Waals surface area contributed by atoms with Crippen molar-refractivity contribution in [2.45, 2.75) is 72.8 Å². The maximum atomic E-state index is 4.31. The van der Waals surface area contributed by atoms with Crippen molar-refractivity contribution in [3.05, 3.63) is 11.9 Å². The molecule has 0 aliphatic carbocycles. The second-order valence-corrected chi connectivity index (χ2v) is 6.95. The van der Waals surface area contributed by atoms with Gasteiger partial charge < -0.3 is 0 Å². The summed E-state index contributed by atoms with van der Waals surface area (Å²) in [5.74, 6) is 0.495. The molecule has 1 rings (SSSR count). The third kappa shape index (κ3) is 3.83. The van der Waals surface area contributed by atoms with Gasteiger partial charge in [-0.3, -0.25) is 0 Å². The van der Waals surface area contributed by atoms with E-state index in [1.165, 1.54) is 0 Å². The predicted octanol–water partition coefficient (Wildman–Crippen LogP) is 3.96. The van der Waals surface area contributed by atoms with E-state index < -0.39 is 0 Å². The van der Waals surface area contributed by atoms with Crippen molar-refractivity contribution in [2.75, 3.05) is 0 Å². The molecule has 1 aromatic heterocycles. The Morgan fingerprint density at radius 3 is 2.29 bits per heavy atom. The van der Waals surface area contributed by atoms with Crippen LogP contribution in [0.5, 0.6) is 0 Å². The van der Waals surface area contributed by atoms with E-state index in [2.05, 4.69) is 65.0 Å². The van der Waals surface area contributed by atoms with Gasteiger partial charge >= 0.3 is 0 Å². The van der Waals surface area contributed by atoms with Crippen molar-refractivity contribution >= 4 is 0 Å². The highest BCUT2D eigenvalue weighted by atomic mass is 15.4. The molecule has 1 unspecified atom stereocenters. The van der Waals surface area contributed by atoms with E-state index in [1.54, 1.807) is 0 Å². The Morgan fingerprint density at radius 2 is 1.82 bits per heavy atom. The summed E-state index contributed by atoms with van der Waals surface area (Å²) in [5.41, 5.74) is 1.43. The van der Waals surface area contributed by atoms with Crippen LogP contribution in [0.4, 0.5) is 0 Å². The summed E-state index contributed by atoms with van der Waals surface area (Å²) in [5, 5.41) is 8.60. The number of hydrogen-bond donors (Lipinski definition) is 0. The van der Waals surface area contributed by atoms with E-state index in [9.17, 15) is 0 Å². The lowest BCUT2D eigenvalue weighted by atomic mass is 9.82. The Labute approximate surface area is 106 Å². The first-order chi connectivity index (χ1) is 7.65. The van der Waals surface area contributed by atoms with Crippen molar-refractivity contribution in [1.82, 2.24) is 15.0 Å². The Balaban J connectivity index is 2.88. The highest BCUT2D eigenvalue weighted by Crippen LogP contribution is 2.32. The van der Waals surface area contributed by atoms with Gasteiger partial charge in [0.05, 0.1) is 11.2 Å². The van der Waals surface area contributed by atoms with E-state index in [4.69, 9.17) is 0 Å². The van der Waals surface area contributed by atoms with Crippen LogP contribution in [-0.2, 0) is 5.54 Å².